The highest BCUT2D eigenvalue weighted by Crippen LogP contribution is 2.19. The van der Waals surface area contributed by atoms with E-state index in [1.807, 2.05) is 19.1 Å². The molecule has 0 spiro atoms. The number of carbonyl (C=O) groups excluding carboxylic acids is 1. The van der Waals surface area contributed by atoms with E-state index in [0.717, 1.165) is 30.6 Å². The molecule has 1 aromatic rings. The molecule has 0 unspecified atom stereocenters. The predicted molar refractivity (Wildman–Crippen MR) is 66.1 cm³/mol. The maximum Gasteiger partial charge on any atom is 0.150 e. The van der Waals surface area contributed by atoms with Gasteiger partial charge in [0.15, 0.2) is 0 Å². The second kappa shape index (κ2) is 6.31. The van der Waals surface area contributed by atoms with Crippen LogP contribution in [0.3, 0.4) is 0 Å². The van der Waals surface area contributed by atoms with E-state index in [4.69, 9.17) is 4.74 Å². The molecule has 0 aliphatic heterocycles. The predicted octanol–water partition coefficient (Wildman–Crippen LogP) is 3.62. The van der Waals surface area contributed by atoms with Crippen molar-refractivity contribution in [3.8, 4) is 5.75 Å². The summed E-state index contributed by atoms with van der Waals surface area (Å²) in [7, 11) is 0. The fourth-order valence-corrected chi connectivity index (χ4v) is 1.52. The highest BCUT2D eigenvalue weighted by atomic mass is 16.5. The molecule has 0 bridgehead atoms. The minimum absolute atomic E-state index is 0.671. The third-order valence-electron chi connectivity index (χ3n) is 2.53. The van der Waals surface area contributed by atoms with Gasteiger partial charge in [0, 0.05) is 5.56 Å². The van der Waals surface area contributed by atoms with Gasteiger partial charge in [-0.2, -0.15) is 0 Å². The first-order chi connectivity index (χ1) is 7.63. The van der Waals surface area contributed by atoms with Gasteiger partial charge in [0.05, 0.1) is 6.61 Å². The second-order valence-electron chi connectivity index (χ2n) is 4.53. The average Bonchev–Trinajstić information content (AvgIpc) is 2.26. The van der Waals surface area contributed by atoms with Crippen LogP contribution in [0.2, 0.25) is 0 Å². The first-order valence-electron chi connectivity index (χ1n) is 5.82. The molecule has 2 nitrogen and oxygen atoms in total. The van der Waals surface area contributed by atoms with Gasteiger partial charge in [-0.25, -0.2) is 0 Å². The molecular formula is C14H20O2. The topological polar surface area (TPSA) is 26.3 Å². The summed E-state index contributed by atoms with van der Waals surface area (Å²) in [4.78, 5) is 10.6. The van der Waals surface area contributed by atoms with Crippen LogP contribution in [0.15, 0.2) is 18.2 Å². The Morgan fingerprint density at radius 1 is 1.38 bits per heavy atom. The van der Waals surface area contributed by atoms with Crippen molar-refractivity contribution in [2.75, 3.05) is 6.61 Å². The Bertz CT molecular complexity index is 343. The van der Waals surface area contributed by atoms with Crippen molar-refractivity contribution in [3.63, 3.8) is 0 Å². The standard InChI is InChI=1S/C14H20O2/c1-11(2)5-4-8-16-14-9-13(10-15)7-6-12(14)3/h6-7,9-11H,4-5,8H2,1-3H3. The molecular weight excluding hydrogens is 200 g/mol. The molecule has 0 N–H and O–H groups in total. The van der Waals surface area contributed by atoms with E-state index in [1.165, 1.54) is 6.42 Å². The highest BCUT2D eigenvalue weighted by Gasteiger charge is 2.01. The first-order valence-corrected chi connectivity index (χ1v) is 5.82. The zero-order chi connectivity index (χ0) is 12.0. The number of benzene rings is 1. The maximum absolute atomic E-state index is 10.6. The van der Waals surface area contributed by atoms with Crippen LogP contribution >= 0.6 is 0 Å². The Labute approximate surface area is 97.6 Å². The molecule has 2 heteroatoms. The van der Waals surface area contributed by atoms with Crippen LogP contribution in [-0.4, -0.2) is 12.9 Å². The minimum Gasteiger partial charge on any atom is -0.493 e. The number of aldehydes is 1. The van der Waals surface area contributed by atoms with Crippen molar-refractivity contribution in [2.45, 2.75) is 33.6 Å². The molecule has 0 saturated carbocycles. The van der Waals surface area contributed by atoms with E-state index in [2.05, 4.69) is 13.8 Å². The fourth-order valence-electron chi connectivity index (χ4n) is 1.52. The molecule has 16 heavy (non-hydrogen) atoms. The molecule has 88 valence electrons. The van der Waals surface area contributed by atoms with Crippen LogP contribution in [0.1, 0.15) is 42.6 Å². The monoisotopic (exact) mass is 220 g/mol. The molecule has 0 fully saturated rings. The van der Waals surface area contributed by atoms with Gasteiger partial charge in [-0.15, -0.1) is 0 Å². The Hall–Kier alpha value is -1.31. The van der Waals surface area contributed by atoms with E-state index in [0.29, 0.717) is 11.5 Å². The summed E-state index contributed by atoms with van der Waals surface area (Å²) in [6.45, 7) is 7.13. The highest BCUT2D eigenvalue weighted by molar-refractivity contribution is 5.75. The Morgan fingerprint density at radius 2 is 2.12 bits per heavy atom. The summed E-state index contributed by atoms with van der Waals surface area (Å²) in [6, 6.07) is 5.53. The van der Waals surface area contributed by atoms with Crippen molar-refractivity contribution in [2.24, 2.45) is 5.92 Å². The molecule has 0 radical (unpaired) electrons. The van der Waals surface area contributed by atoms with Crippen LogP contribution in [0.4, 0.5) is 0 Å². The van der Waals surface area contributed by atoms with Crippen LogP contribution in [0.25, 0.3) is 0 Å². The normalized spacial score (nSPS) is 10.5. The van der Waals surface area contributed by atoms with E-state index < -0.39 is 0 Å². The number of hydrogen-bond acceptors (Lipinski definition) is 2. The summed E-state index contributed by atoms with van der Waals surface area (Å²) in [6.07, 6.45) is 3.08. The lowest BCUT2D eigenvalue weighted by atomic mass is 10.1. The van der Waals surface area contributed by atoms with Crippen molar-refractivity contribution in [1.82, 2.24) is 0 Å². The molecule has 0 amide bonds. The molecule has 0 aliphatic carbocycles. The lowest BCUT2D eigenvalue weighted by Crippen LogP contribution is -2.01. The molecule has 0 heterocycles. The zero-order valence-corrected chi connectivity index (χ0v) is 10.3. The van der Waals surface area contributed by atoms with Gasteiger partial charge < -0.3 is 4.74 Å². The van der Waals surface area contributed by atoms with Crippen molar-refractivity contribution >= 4 is 6.29 Å². The number of rotatable bonds is 6. The van der Waals surface area contributed by atoms with Gasteiger partial charge in [-0.3, -0.25) is 4.79 Å². The first kappa shape index (κ1) is 12.8. The lowest BCUT2D eigenvalue weighted by molar-refractivity contribution is 0.112. The minimum atomic E-state index is 0.671. The van der Waals surface area contributed by atoms with Gasteiger partial charge in [0.2, 0.25) is 0 Å². The molecule has 0 aromatic heterocycles. The van der Waals surface area contributed by atoms with Crippen molar-refractivity contribution < 1.29 is 9.53 Å². The summed E-state index contributed by atoms with van der Waals surface area (Å²) < 4.78 is 5.67. The maximum atomic E-state index is 10.6. The molecule has 0 aliphatic rings. The third-order valence-corrected chi connectivity index (χ3v) is 2.53. The summed E-state index contributed by atoms with van der Waals surface area (Å²) in [5.41, 5.74) is 1.75. The van der Waals surface area contributed by atoms with Crippen LogP contribution in [-0.2, 0) is 0 Å². The van der Waals surface area contributed by atoms with Crippen LogP contribution < -0.4 is 4.74 Å². The third kappa shape index (κ3) is 4.05. The van der Waals surface area contributed by atoms with Crippen molar-refractivity contribution in [1.29, 1.82) is 0 Å². The molecule has 1 rings (SSSR count). The summed E-state index contributed by atoms with van der Waals surface area (Å²) in [5, 5.41) is 0. The molecule has 0 saturated heterocycles. The van der Waals surface area contributed by atoms with Gasteiger partial charge >= 0.3 is 0 Å². The van der Waals surface area contributed by atoms with E-state index >= 15 is 0 Å². The second-order valence-corrected chi connectivity index (χ2v) is 4.53. The Morgan fingerprint density at radius 3 is 2.75 bits per heavy atom. The smallest absolute Gasteiger partial charge is 0.150 e. The quantitative estimate of drug-likeness (QED) is 0.540. The average molecular weight is 220 g/mol. The van der Waals surface area contributed by atoms with E-state index in [1.54, 1.807) is 6.07 Å². The van der Waals surface area contributed by atoms with E-state index in [-0.39, 0.29) is 0 Å². The summed E-state index contributed by atoms with van der Waals surface area (Å²) in [5.74, 6) is 1.54. The number of aryl methyl sites for hydroxylation is 1. The molecule has 0 atom stereocenters. The molecule has 1 aromatic carbocycles. The number of ether oxygens (including phenoxy) is 1. The lowest BCUT2D eigenvalue weighted by Gasteiger charge is -2.10. The zero-order valence-electron chi connectivity index (χ0n) is 10.3. The van der Waals surface area contributed by atoms with Gasteiger partial charge in [0.25, 0.3) is 0 Å². The van der Waals surface area contributed by atoms with Gasteiger partial charge in [-0.05, 0) is 37.3 Å². The fraction of sp³-hybridized carbons (Fsp3) is 0.500. The van der Waals surface area contributed by atoms with Gasteiger partial charge in [-0.1, -0.05) is 26.0 Å². The van der Waals surface area contributed by atoms with E-state index in [9.17, 15) is 4.79 Å². The largest absolute Gasteiger partial charge is 0.493 e. The number of carbonyl (C=O) groups is 1. The Balaban J connectivity index is 2.49. The number of hydrogen-bond donors (Lipinski definition) is 0. The SMILES string of the molecule is Cc1ccc(C=O)cc1OCCCC(C)C. The van der Waals surface area contributed by atoms with Crippen LogP contribution in [0.5, 0.6) is 5.75 Å². The summed E-state index contributed by atoms with van der Waals surface area (Å²) >= 11 is 0. The van der Waals surface area contributed by atoms with Crippen molar-refractivity contribution in [3.05, 3.63) is 29.3 Å². The Kier molecular flexibility index (Phi) is 5.03. The van der Waals surface area contributed by atoms with Crippen LogP contribution in [0, 0.1) is 12.8 Å². The van der Waals surface area contributed by atoms with Gasteiger partial charge in [0.1, 0.15) is 12.0 Å².